The largest absolute Gasteiger partial charge is 0.495 e. The number of nitriles is 1. The van der Waals surface area contributed by atoms with Gasteiger partial charge in [-0.25, -0.2) is 14.8 Å². The number of carbonyl (C=O) groups excluding carboxylic acids is 2. The molecular formula is C24H20N6O4. The van der Waals surface area contributed by atoms with Crippen molar-refractivity contribution in [1.29, 1.82) is 5.26 Å². The molecule has 4 rings (SSSR count). The smallest absolute Gasteiger partial charge is 0.412 e. The van der Waals surface area contributed by atoms with Gasteiger partial charge in [0.15, 0.2) is 0 Å². The van der Waals surface area contributed by atoms with Crippen molar-refractivity contribution in [2.45, 2.75) is 0 Å². The summed E-state index contributed by atoms with van der Waals surface area (Å²) in [5, 5.41) is 11.7. The number of ether oxygens (including phenoxy) is 2. The lowest BCUT2D eigenvalue weighted by Gasteiger charge is -2.19. The van der Waals surface area contributed by atoms with Crippen molar-refractivity contribution >= 4 is 29.2 Å². The molecule has 3 aromatic heterocycles. The van der Waals surface area contributed by atoms with E-state index in [-0.39, 0.29) is 5.91 Å². The van der Waals surface area contributed by atoms with Crippen LogP contribution in [-0.2, 0) is 4.74 Å². The Kier molecular flexibility index (Phi) is 6.09. The van der Waals surface area contributed by atoms with Crippen molar-refractivity contribution in [2.24, 2.45) is 0 Å². The molecule has 0 bridgehead atoms. The van der Waals surface area contributed by atoms with Crippen LogP contribution < -0.4 is 15.0 Å². The molecule has 0 fully saturated rings. The SMILES string of the molecule is COC(=O)Nc1ccc(-c2cnc3ccc(C(=O)N(C)c4ccc(C#N)c(OC)c4)cn23)cn1. The Bertz CT molecular complexity index is 1420. The minimum Gasteiger partial charge on any atom is -0.495 e. The Labute approximate surface area is 195 Å². The van der Waals surface area contributed by atoms with Crippen molar-refractivity contribution in [3.63, 3.8) is 0 Å². The highest BCUT2D eigenvalue weighted by Crippen LogP contribution is 2.26. The summed E-state index contributed by atoms with van der Waals surface area (Å²) in [6, 6.07) is 13.9. The number of fused-ring (bicyclic) bond motifs is 1. The fourth-order valence-corrected chi connectivity index (χ4v) is 3.39. The fourth-order valence-electron chi connectivity index (χ4n) is 3.39. The molecule has 1 aromatic carbocycles. The molecule has 0 unspecified atom stereocenters. The highest BCUT2D eigenvalue weighted by Gasteiger charge is 2.17. The Morgan fingerprint density at radius 3 is 2.59 bits per heavy atom. The minimum absolute atomic E-state index is 0.246. The van der Waals surface area contributed by atoms with E-state index in [9.17, 15) is 14.9 Å². The van der Waals surface area contributed by atoms with Crippen LogP contribution in [0.15, 0.2) is 61.1 Å². The predicted molar refractivity (Wildman–Crippen MR) is 125 cm³/mol. The number of anilines is 2. The first-order chi connectivity index (χ1) is 16.4. The normalized spacial score (nSPS) is 10.4. The molecule has 10 heteroatoms. The maximum atomic E-state index is 13.2. The maximum absolute atomic E-state index is 13.2. The Morgan fingerprint density at radius 2 is 1.91 bits per heavy atom. The zero-order chi connectivity index (χ0) is 24.2. The molecule has 4 aromatic rings. The predicted octanol–water partition coefficient (Wildman–Crippen LogP) is 3.73. The lowest BCUT2D eigenvalue weighted by atomic mass is 10.1. The number of imidazole rings is 1. The number of carbonyl (C=O) groups is 2. The molecule has 170 valence electrons. The van der Waals surface area contributed by atoms with E-state index < -0.39 is 6.09 Å². The number of hydrogen-bond donors (Lipinski definition) is 1. The fraction of sp³-hybridized carbons (Fsp3) is 0.125. The number of aromatic nitrogens is 3. The van der Waals surface area contributed by atoms with Crippen LogP contribution in [-0.4, -0.2) is 47.6 Å². The van der Waals surface area contributed by atoms with Crippen molar-refractivity contribution < 1.29 is 19.1 Å². The number of pyridine rings is 2. The van der Waals surface area contributed by atoms with Crippen LogP contribution in [0.25, 0.3) is 16.9 Å². The standard InChI is InChI=1S/C24H20N6O4/c1-29(18-7-4-15(11-25)20(10-18)33-2)23(31)17-6-9-22-27-13-19(30(22)14-17)16-5-8-21(26-12-16)28-24(32)34-3/h4-10,12-14H,1-3H3,(H,26,28,32). The molecule has 34 heavy (non-hydrogen) atoms. The molecule has 0 aliphatic carbocycles. The second kappa shape index (κ2) is 9.30. The van der Waals surface area contributed by atoms with Gasteiger partial charge in [-0.1, -0.05) is 0 Å². The van der Waals surface area contributed by atoms with Gasteiger partial charge in [-0.2, -0.15) is 5.26 Å². The summed E-state index contributed by atoms with van der Waals surface area (Å²) >= 11 is 0. The van der Waals surface area contributed by atoms with Gasteiger partial charge < -0.3 is 14.4 Å². The van der Waals surface area contributed by atoms with Gasteiger partial charge in [0.1, 0.15) is 23.3 Å². The molecular weight excluding hydrogens is 436 g/mol. The summed E-state index contributed by atoms with van der Waals surface area (Å²) in [6.07, 6.45) is 4.38. The average Bonchev–Trinajstić information content (AvgIpc) is 3.31. The summed E-state index contributed by atoms with van der Waals surface area (Å²) < 4.78 is 11.6. The van der Waals surface area contributed by atoms with Gasteiger partial charge in [0.05, 0.1) is 37.2 Å². The number of nitrogens with one attached hydrogen (secondary N) is 1. The molecule has 0 saturated heterocycles. The first-order valence-electron chi connectivity index (χ1n) is 10.1. The van der Waals surface area contributed by atoms with Crippen LogP contribution in [0.2, 0.25) is 0 Å². The topological polar surface area (TPSA) is 122 Å². The molecule has 1 N–H and O–H groups in total. The second-order valence-electron chi connectivity index (χ2n) is 7.20. The highest BCUT2D eigenvalue weighted by molar-refractivity contribution is 6.06. The molecule has 2 amide bonds. The first-order valence-corrected chi connectivity index (χ1v) is 10.1. The van der Waals surface area contributed by atoms with E-state index in [1.165, 1.54) is 19.1 Å². The Morgan fingerprint density at radius 1 is 1.09 bits per heavy atom. The van der Waals surface area contributed by atoms with Crippen molar-refractivity contribution in [3.05, 3.63) is 72.2 Å². The van der Waals surface area contributed by atoms with Crippen LogP contribution in [0.4, 0.5) is 16.3 Å². The molecule has 0 spiro atoms. The van der Waals surface area contributed by atoms with Crippen LogP contribution in [0, 0.1) is 11.3 Å². The molecule has 10 nitrogen and oxygen atoms in total. The molecule has 0 atom stereocenters. The van der Waals surface area contributed by atoms with Crippen molar-refractivity contribution in [3.8, 4) is 23.1 Å². The van der Waals surface area contributed by atoms with Crippen LogP contribution >= 0.6 is 0 Å². The quantitative estimate of drug-likeness (QED) is 0.485. The highest BCUT2D eigenvalue weighted by atomic mass is 16.5. The number of methoxy groups -OCH3 is 2. The monoisotopic (exact) mass is 456 g/mol. The lowest BCUT2D eigenvalue weighted by Crippen LogP contribution is -2.26. The maximum Gasteiger partial charge on any atom is 0.412 e. The summed E-state index contributed by atoms with van der Waals surface area (Å²) in [5.41, 5.74) is 3.55. The first kappa shape index (κ1) is 22.3. The molecule has 0 aliphatic heterocycles. The van der Waals surface area contributed by atoms with E-state index >= 15 is 0 Å². The molecule has 0 aliphatic rings. The summed E-state index contributed by atoms with van der Waals surface area (Å²) in [5.74, 6) is 0.494. The van der Waals surface area contributed by atoms with Gasteiger partial charge in [-0.15, -0.1) is 0 Å². The average molecular weight is 456 g/mol. The zero-order valence-electron chi connectivity index (χ0n) is 18.6. The van der Waals surface area contributed by atoms with E-state index in [1.54, 1.807) is 72.5 Å². The summed E-state index contributed by atoms with van der Waals surface area (Å²) in [4.78, 5) is 34.7. The van der Waals surface area contributed by atoms with Gasteiger partial charge in [-0.05, 0) is 36.4 Å². The van der Waals surface area contributed by atoms with E-state index in [4.69, 9.17) is 4.74 Å². The number of rotatable bonds is 5. The molecule has 3 heterocycles. The van der Waals surface area contributed by atoms with E-state index in [2.05, 4.69) is 26.1 Å². The van der Waals surface area contributed by atoms with E-state index in [0.29, 0.717) is 34.0 Å². The van der Waals surface area contributed by atoms with Crippen molar-refractivity contribution in [1.82, 2.24) is 14.4 Å². The zero-order valence-corrected chi connectivity index (χ0v) is 18.6. The Balaban J connectivity index is 1.64. The van der Waals surface area contributed by atoms with Gasteiger partial charge in [0.2, 0.25) is 0 Å². The van der Waals surface area contributed by atoms with Gasteiger partial charge in [-0.3, -0.25) is 14.5 Å². The van der Waals surface area contributed by atoms with E-state index in [0.717, 1.165) is 11.3 Å². The van der Waals surface area contributed by atoms with Gasteiger partial charge in [0, 0.05) is 36.8 Å². The number of benzene rings is 1. The molecule has 0 saturated carbocycles. The van der Waals surface area contributed by atoms with Crippen LogP contribution in [0.5, 0.6) is 5.75 Å². The van der Waals surface area contributed by atoms with Gasteiger partial charge in [0.25, 0.3) is 5.91 Å². The minimum atomic E-state index is -0.609. The Hall–Kier alpha value is -4.91. The summed E-state index contributed by atoms with van der Waals surface area (Å²) in [7, 11) is 4.40. The third kappa shape index (κ3) is 4.22. The van der Waals surface area contributed by atoms with E-state index in [1.807, 2.05) is 0 Å². The van der Waals surface area contributed by atoms with Crippen molar-refractivity contribution in [2.75, 3.05) is 31.5 Å². The lowest BCUT2D eigenvalue weighted by molar-refractivity contribution is 0.0992. The number of amides is 2. The summed E-state index contributed by atoms with van der Waals surface area (Å²) in [6.45, 7) is 0. The number of hydrogen-bond acceptors (Lipinski definition) is 7. The van der Waals surface area contributed by atoms with Gasteiger partial charge >= 0.3 is 6.09 Å². The molecule has 0 radical (unpaired) electrons. The third-order valence-corrected chi connectivity index (χ3v) is 5.22. The number of nitrogens with zero attached hydrogens (tertiary/aromatic N) is 5. The third-order valence-electron chi connectivity index (χ3n) is 5.22. The van der Waals surface area contributed by atoms with Crippen LogP contribution in [0.3, 0.4) is 0 Å². The van der Waals surface area contributed by atoms with Crippen LogP contribution in [0.1, 0.15) is 15.9 Å². The second-order valence-corrected chi connectivity index (χ2v) is 7.20.